The number of carbonyl (C=O) groups excluding carboxylic acids is 3. The molecule has 0 saturated carbocycles. The van der Waals surface area contributed by atoms with Crippen LogP contribution in [0.15, 0.2) is 24.3 Å². The molecule has 7 heteroatoms. The maximum atomic E-state index is 12.8. The molecule has 0 aromatic rings. The Balaban J connectivity index is 4.35. The van der Waals surface area contributed by atoms with Crippen molar-refractivity contribution in [2.24, 2.45) is 0 Å². The molecule has 0 aliphatic carbocycles. The molecule has 0 radical (unpaired) electrons. The summed E-state index contributed by atoms with van der Waals surface area (Å²) in [5, 5.41) is 0. The van der Waals surface area contributed by atoms with Gasteiger partial charge in [0.1, 0.15) is 0 Å². The summed E-state index contributed by atoms with van der Waals surface area (Å²) >= 11 is 0. The van der Waals surface area contributed by atoms with Gasteiger partial charge in [0, 0.05) is 6.42 Å². The third-order valence-corrected chi connectivity index (χ3v) is 12.6. The van der Waals surface area contributed by atoms with Crippen LogP contribution in [0.2, 0.25) is 0 Å². The van der Waals surface area contributed by atoms with Crippen molar-refractivity contribution in [3.63, 3.8) is 0 Å². The first-order valence-corrected chi connectivity index (χ1v) is 28.4. The fourth-order valence-electron chi connectivity index (χ4n) is 8.31. The Morgan fingerprint density at radius 3 is 0.923 bits per heavy atom. The van der Waals surface area contributed by atoms with E-state index in [0.717, 1.165) is 57.8 Å². The first-order chi connectivity index (χ1) is 32.0. The summed E-state index contributed by atoms with van der Waals surface area (Å²) in [6.07, 6.45) is 59.4. The highest BCUT2D eigenvalue weighted by Gasteiger charge is 2.21. The largest absolute Gasteiger partial charge is 0.466 e. The van der Waals surface area contributed by atoms with E-state index in [2.05, 4.69) is 45.1 Å². The van der Waals surface area contributed by atoms with E-state index in [0.29, 0.717) is 19.6 Å². The average Bonchev–Trinajstić information content (AvgIpc) is 3.30. The van der Waals surface area contributed by atoms with Crippen LogP contribution in [0, 0.1) is 0 Å². The number of rotatable bonds is 53. The molecule has 0 unspecified atom stereocenters. The van der Waals surface area contributed by atoms with E-state index in [1.165, 1.54) is 205 Å². The van der Waals surface area contributed by atoms with Crippen LogP contribution in [-0.2, 0) is 33.3 Å². The van der Waals surface area contributed by atoms with E-state index in [1.54, 1.807) is 0 Å². The van der Waals surface area contributed by atoms with Gasteiger partial charge in [0.2, 0.25) is 0 Å². The molecule has 0 fully saturated rings. The summed E-state index contributed by atoms with van der Waals surface area (Å²) in [4.78, 5) is 38.0. The third-order valence-electron chi connectivity index (χ3n) is 12.6. The number of unbranched alkanes of at least 4 members (excludes halogenated alkanes) is 36. The molecule has 0 heterocycles. The molecule has 0 saturated heterocycles. The normalized spacial score (nSPS) is 11.7. The van der Waals surface area contributed by atoms with Crippen molar-refractivity contribution in [3.8, 4) is 0 Å². The minimum absolute atomic E-state index is 0.0773. The minimum atomic E-state index is -0.765. The lowest BCUT2D eigenvalue weighted by atomic mass is 10.0. The second-order valence-corrected chi connectivity index (χ2v) is 19.1. The fourth-order valence-corrected chi connectivity index (χ4v) is 8.31. The highest BCUT2D eigenvalue weighted by molar-refractivity contribution is 5.73. The molecule has 0 bridgehead atoms. The summed E-state index contributed by atoms with van der Waals surface area (Å²) in [5.74, 6) is -1.11. The second-order valence-electron chi connectivity index (χ2n) is 19.1. The molecule has 0 amide bonds. The van der Waals surface area contributed by atoms with Crippen LogP contribution in [0.1, 0.15) is 303 Å². The molecular weight excluding hydrogens is 809 g/mol. The molecule has 0 aliphatic rings. The van der Waals surface area contributed by atoms with Gasteiger partial charge < -0.3 is 18.9 Å². The van der Waals surface area contributed by atoms with Gasteiger partial charge in [0.15, 0.2) is 6.79 Å². The summed E-state index contributed by atoms with van der Waals surface area (Å²) in [6, 6.07) is 0. The molecule has 0 N–H and O–H groups in total. The van der Waals surface area contributed by atoms with Crippen molar-refractivity contribution in [2.45, 2.75) is 309 Å². The van der Waals surface area contributed by atoms with Crippen molar-refractivity contribution in [3.05, 3.63) is 24.3 Å². The number of allylic oxidation sites excluding steroid dienone is 4. The summed E-state index contributed by atoms with van der Waals surface area (Å²) in [5.41, 5.74) is 0. The van der Waals surface area contributed by atoms with Crippen LogP contribution < -0.4 is 0 Å². The lowest BCUT2D eigenvalue weighted by Gasteiger charge is -2.17. The standard InChI is InChI=1S/C58H108O7/c1-4-7-10-13-16-19-22-25-27-29-32-35-38-41-44-47-50-62-57(60)52-55(64-54-65-56(59)49-46-43-40-37-34-31-24-21-18-15-12-9-6-3)53-58(61)63-51-48-45-42-39-36-33-30-28-26-23-20-17-14-11-8-5-2/h25-28,55H,4-24,29-54H2,1-3H3/b27-25-,28-26-. The summed E-state index contributed by atoms with van der Waals surface area (Å²) < 4.78 is 22.2. The van der Waals surface area contributed by atoms with Crippen LogP contribution in [-0.4, -0.2) is 44.0 Å². The van der Waals surface area contributed by atoms with E-state index >= 15 is 0 Å². The number of ether oxygens (including phenoxy) is 4. The summed E-state index contributed by atoms with van der Waals surface area (Å²) in [6.45, 7) is 7.23. The molecule has 0 aliphatic heterocycles. The van der Waals surface area contributed by atoms with Gasteiger partial charge in [-0.3, -0.25) is 14.4 Å². The highest BCUT2D eigenvalue weighted by atomic mass is 16.7. The minimum Gasteiger partial charge on any atom is -0.466 e. The molecule has 0 spiro atoms. The lowest BCUT2D eigenvalue weighted by molar-refractivity contribution is -0.167. The number of hydrogen-bond donors (Lipinski definition) is 0. The second kappa shape index (κ2) is 54.5. The molecule has 0 atom stereocenters. The van der Waals surface area contributed by atoms with Crippen molar-refractivity contribution >= 4 is 17.9 Å². The fraction of sp³-hybridized carbons (Fsp3) is 0.879. The van der Waals surface area contributed by atoms with E-state index in [1.807, 2.05) is 0 Å². The molecule has 0 aromatic carbocycles. The van der Waals surface area contributed by atoms with Crippen LogP contribution in [0.5, 0.6) is 0 Å². The Morgan fingerprint density at radius 1 is 0.323 bits per heavy atom. The van der Waals surface area contributed by atoms with Gasteiger partial charge in [-0.15, -0.1) is 0 Å². The van der Waals surface area contributed by atoms with E-state index in [9.17, 15) is 14.4 Å². The van der Waals surface area contributed by atoms with Crippen molar-refractivity contribution in [1.29, 1.82) is 0 Å². The van der Waals surface area contributed by atoms with Gasteiger partial charge in [-0.25, -0.2) is 0 Å². The van der Waals surface area contributed by atoms with Gasteiger partial charge in [-0.05, 0) is 70.6 Å². The van der Waals surface area contributed by atoms with Gasteiger partial charge in [-0.2, -0.15) is 0 Å². The zero-order valence-corrected chi connectivity index (χ0v) is 43.5. The maximum absolute atomic E-state index is 12.8. The first kappa shape index (κ1) is 62.8. The van der Waals surface area contributed by atoms with Crippen molar-refractivity contribution in [1.82, 2.24) is 0 Å². The Kier molecular flexibility index (Phi) is 52.7. The Hall–Kier alpha value is -2.15. The predicted molar refractivity (Wildman–Crippen MR) is 276 cm³/mol. The van der Waals surface area contributed by atoms with Crippen molar-refractivity contribution in [2.75, 3.05) is 20.0 Å². The molecule has 0 aromatic heterocycles. The summed E-state index contributed by atoms with van der Waals surface area (Å²) in [7, 11) is 0. The van der Waals surface area contributed by atoms with Gasteiger partial charge in [-0.1, -0.05) is 238 Å². The average molecular weight is 917 g/mol. The lowest BCUT2D eigenvalue weighted by Crippen LogP contribution is -2.26. The quantitative estimate of drug-likeness (QED) is 0.0197. The van der Waals surface area contributed by atoms with Gasteiger partial charge >= 0.3 is 17.9 Å². The third kappa shape index (κ3) is 52.7. The molecule has 382 valence electrons. The van der Waals surface area contributed by atoms with Crippen LogP contribution >= 0.6 is 0 Å². The van der Waals surface area contributed by atoms with E-state index in [-0.39, 0.29) is 25.6 Å². The zero-order valence-electron chi connectivity index (χ0n) is 43.5. The Bertz CT molecular complexity index is 997. The van der Waals surface area contributed by atoms with Crippen molar-refractivity contribution < 1.29 is 33.3 Å². The zero-order chi connectivity index (χ0) is 47.2. The number of carbonyl (C=O) groups is 3. The number of hydrogen-bond acceptors (Lipinski definition) is 7. The Morgan fingerprint density at radius 2 is 0.600 bits per heavy atom. The van der Waals surface area contributed by atoms with Gasteiger partial charge in [0.25, 0.3) is 0 Å². The van der Waals surface area contributed by atoms with Gasteiger partial charge in [0.05, 0.1) is 32.2 Å². The molecule has 0 rings (SSSR count). The monoisotopic (exact) mass is 917 g/mol. The van der Waals surface area contributed by atoms with Crippen LogP contribution in [0.3, 0.4) is 0 Å². The van der Waals surface area contributed by atoms with E-state index in [4.69, 9.17) is 18.9 Å². The maximum Gasteiger partial charge on any atom is 0.308 e. The topological polar surface area (TPSA) is 88.1 Å². The smallest absolute Gasteiger partial charge is 0.308 e. The number of esters is 3. The van der Waals surface area contributed by atoms with Crippen LogP contribution in [0.25, 0.3) is 0 Å². The highest BCUT2D eigenvalue weighted by Crippen LogP contribution is 2.16. The Labute approximate surface area is 403 Å². The first-order valence-electron chi connectivity index (χ1n) is 28.4. The molecule has 7 nitrogen and oxygen atoms in total. The molecule has 65 heavy (non-hydrogen) atoms. The van der Waals surface area contributed by atoms with E-state index < -0.39 is 18.0 Å². The SMILES string of the molecule is CCCCCCCC/C=C\CCCCCCCCOC(=O)CC(CC(=O)OCCCCCCCC/C=C\CCCCCCCC)OCOC(=O)CCCCCCCCCCCCCCC. The molecular formula is C58H108O7. The van der Waals surface area contributed by atoms with Crippen LogP contribution in [0.4, 0.5) is 0 Å². The predicted octanol–water partition coefficient (Wildman–Crippen LogP) is 18.3.